The number of nitrogens with zero attached hydrogens (tertiary/aromatic N) is 2. The quantitative estimate of drug-likeness (QED) is 0.628. The molecule has 1 unspecified atom stereocenters. The molecule has 1 aliphatic rings. The number of alkyl carbamates (subject to hydrolysis) is 1. The zero-order valence-corrected chi connectivity index (χ0v) is 15.8. The van der Waals surface area contributed by atoms with Crippen molar-refractivity contribution >= 4 is 12.0 Å². The maximum absolute atomic E-state index is 12.9. The van der Waals surface area contributed by atoms with Gasteiger partial charge in [-0.15, -0.1) is 0 Å². The fraction of sp³-hybridized carbons (Fsp3) is 0.833. The zero-order chi connectivity index (χ0) is 18.5. The lowest BCUT2D eigenvalue weighted by molar-refractivity contribution is -0.132. The molecular weight excluding hydrogens is 306 g/mol. The van der Waals surface area contributed by atoms with Crippen molar-refractivity contribution in [3.05, 3.63) is 0 Å². The minimum Gasteiger partial charge on any atom is -0.444 e. The lowest BCUT2D eigenvalue weighted by Gasteiger charge is -2.31. The average Bonchev–Trinajstić information content (AvgIpc) is 2.88. The molecular formula is C18H31N3O3. The fourth-order valence-corrected chi connectivity index (χ4v) is 2.90. The molecule has 1 saturated carbocycles. The highest BCUT2D eigenvalue weighted by Crippen LogP contribution is 2.26. The molecule has 6 heteroatoms. The van der Waals surface area contributed by atoms with E-state index in [9.17, 15) is 14.9 Å². The van der Waals surface area contributed by atoms with Crippen LogP contribution in [0.3, 0.4) is 0 Å². The van der Waals surface area contributed by atoms with E-state index >= 15 is 0 Å². The summed E-state index contributed by atoms with van der Waals surface area (Å²) in [6, 6.07) is -0.814. The van der Waals surface area contributed by atoms with Gasteiger partial charge in [0, 0.05) is 6.04 Å². The van der Waals surface area contributed by atoms with Crippen LogP contribution in [0.5, 0.6) is 0 Å². The Balaban J connectivity index is 2.89. The second kappa shape index (κ2) is 7.87. The molecule has 0 radical (unpaired) electrons. The highest BCUT2D eigenvalue weighted by molar-refractivity contribution is 5.87. The average molecular weight is 337 g/mol. The van der Waals surface area contributed by atoms with Crippen LogP contribution in [0.2, 0.25) is 0 Å². The van der Waals surface area contributed by atoms with E-state index in [1.165, 1.54) is 4.90 Å². The number of amides is 2. The van der Waals surface area contributed by atoms with Gasteiger partial charge in [-0.05, 0) is 45.4 Å². The number of hydrogen-bond acceptors (Lipinski definition) is 4. The summed E-state index contributed by atoms with van der Waals surface area (Å²) in [4.78, 5) is 26.2. The van der Waals surface area contributed by atoms with Crippen LogP contribution in [-0.2, 0) is 9.53 Å². The van der Waals surface area contributed by atoms with Crippen LogP contribution < -0.4 is 5.32 Å². The molecule has 136 valence electrons. The normalized spacial score (nSPS) is 17.0. The third-order valence-electron chi connectivity index (χ3n) is 3.84. The smallest absolute Gasteiger partial charge is 0.408 e. The fourth-order valence-electron chi connectivity index (χ4n) is 2.90. The van der Waals surface area contributed by atoms with Crippen LogP contribution in [0, 0.1) is 16.9 Å². The molecule has 1 fully saturated rings. The van der Waals surface area contributed by atoms with E-state index in [1.54, 1.807) is 20.8 Å². The van der Waals surface area contributed by atoms with Crippen LogP contribution in [0.1, 0.15) is 73.6 Å². The maximum Gasteiger partial charge on any atom is 0.408 e. The van der Waals surface area contributed by atoms with Crippen LogP contribution in [0.4, 0.5) is 4.79 Å². The van der Waals surface area contributed by atoms with Crippen molar-refractivity contribution in [2.24, 2.45) is 5.41 Å². The first kappa shape index (κ1) is 20.3. The van der Waals surface area contributed by atoms with Crippen molar-refractivity contribution in [2.45, 2.75) is 91.3 Å². The van der Waals surface area contributed by atoms with Crippen LogP contribution in [0.25, 0.3) is 0 Å². The van der Waals surface area contributed by atoms with Gasteiger partial charge in [0.2, 0.25) is 0 Å². The molecule has 1 atom stereocenters. The third-order valence-corrected chi connectivity index (χ3v) is 3.84. The van der Waals surface area contributed by atoms with Crippen molar-refractivity contribution in [3.8, 4) is 6.19 Å². The van der Waals surface area contributed by atoms with Gasteiger partial charge in [0.1, 0.15) is 11.6 Å². The summed E-state index contributed by atoms with van der Waals surface area (Å²) < 4.78 is 5.27. The van der Waals surface area contributed by atoms with E-state index in [2.05, 4.69) is 5.32 Å². The van der Waals surface area contributed by atoms with Crippen molar-refractivity contribution in [1.82, 2.24) is 10.2 Å². The van der Waals surface area contributed by atoms with Gasteiger partial charge in [-0.1, -0.05) is 33.6 Å². The molecule has 2 amide bonds. The SMILES string of the molecule is CC(C)(C)CC(NC(=O)OC(C)(C)C)C(=O)N(C#N)C1CCCC1. The van der Waals surface area contributed by atoms with E-state index < -0.39 is 17.7 Å². The first-order valence-corrected chi connectivity index (χ1v) is 8.65. The summed E-state index contributed by atoms with van der Waals surface area (Å²) in [5.74, 6) is -0.342. The van der Waals surface area contributed by atoms with Gasteiger partial charge in [0.15, 0.2) is 6.19 Å². The predicted octanol–water partition coefficient (Wildman–Crippen LogP) is 3.57. The number of ether oxygens (including phenoxy) is 1. The van der Waals surface area contributed by atoms with Gasteiger partial charge in [-0.2, -0.15) is 5.26 Å². The Kier molecular flexibility index (Phi) is 6.65. The number of hydrogen-bond donors (Lipinski definition) is 1. The Morgan fingerprint density at radius 3 is 2.17 bits per heavy atom. The molecule has 0 aliphatic heterocycles. The minimum atomic E-state index is -0.764. The number of nitriles is 1. The van der Waals surface area contributed by atoms with Crippen molar-refractivity contribution in [1.29, 1.82) is 5.26 Å². The zero-order valence-electron chi connectivity index (χ0n) is 15.8. The van der Waals surface area contributed by atoms with Gasteiger partial charge in [0.25, 0.3) is 5.91 Å². The van der Waals surface area contributed by atoms with Crippen LogP contribution >= 0.6 is 0 Å². The summed E-state index contributed by atoms with van der Waals surface area (Å²) in [6.45, 7) is 11.3. The lowest BCUT2D eigenvalue weighted by atomic mass is 9.87. The second-order valence-electron chi connectivity index (χ2n) is 8.71. The largest absolute Gasteiger partial charge is 0.444 e. The van der Waals surface area contributed by atoms with Gasteiger partial charge < -0.3 is 10.1 Å². The third kappa shape index (κ3) is 6.77. The molecule has 0 saturated heterocycles. The summed E-state index contributed by atoms with van der Waals surface area (Å²) in [5, 5.41) is 12.1. The highest BCUT2D eigenvalue weighted by Gasteiger charge is 2.35. The van der Waals surface area contributed by atoms with Gasteiger partial charge >= 0.3 is 6.09 Å². The molecule has 6 nitrogen and oxygen atoms in total. The van der Waals surface area contributed by atoms with Crippen molar-refractivity contribution < 1.29 is 14.3 Å². The first-order chi connectivity index (χ1) is 10.9. The second-order valence-corrected chi connectivity index (χ2v) is 8.71. The molecule has 0 bridgehead atoms. The minimum absolute atomic E-state index is 0.0506. The number of carbonyl (C=O) groups is 2. The van der Waals surface area contributed by atoms with Crippen LogP contribution in [-0.4, -0.2) is 34.6 Å². The van der Waals surface area contributed by atoms with Gasteiger partial charge in [0.05, 0.1) is 0 Å². The van der Waals surface area contributed by atoms with E-state index in [0.29, 0.717) is 6.42 Å². The molecule has 0 aromatic carbocycles. The van der Waals surface area contributed by atoms with E-state index in [4.69, 9.17) is 4.74 Å². The molecule has 0 aromatic heterocycles. The standard InChI is InChI=1S/C18H31N3O3/c1-17(2,3)11-14(20-16(23)24-18(4,5)6)15(22)21(12-19)13-9-7-8-10-13/h13-14H,7-11H2,1-6H3,(H,20,23). The molecule has 1 N–H and O–H groups in total. The molecule has 1 aliphatic carbocycles. The van der Waals surface area contributed by atoms with Gasteiger partial charge in [-0.25, -0.2) is 9.69 Å². The number of nitrogens with one attached hydrogen (secondary N) is 1. The predicted molar refractivity (Wildman–Crippen MR) is 91.9 cm³/mol. The lowest BCUT2D eigenvalue weighted by Crippen LogP contribution is -2.51. The Morgan fingerprint density at radius 1 is 1.21 bits per heavy atom. The highest BCUT2D eigenvalue weighted by atomic mass is 16.6. The molecule has 1 rings (SSSR count). The summed E-state index contributed by atoms with van der Waals surface area (Å²) in [7, 11) is 0. The Morgan fingerprint density at radius 2 is 1.75 bits per heavy atom. The van der Waals surface area contributed by atoms with Gasteiger partial charge in [-0.3, -0.25) is 4.79 Å². The Bertz CT molecular complexity index is 491. The summed E-state index contributed by atoms with van der Waals surface area (Å²) >= 11 is 0. The van der Waals surface area contributed by atoms with Crippen LogP contribution in [0.15, 0.2) is 0 Å². The summed E-state index contributed by atoms with van der Waals surface area (Å²) in [6.07, 6.45) is 5.57. The number of rotatable bonds is 4. The number of carbonyl (C=O) groups excluding carboxylic acids is 2. The first-order valence-electron chi connectivity index (χ1n) is 8.65. The monoisotopic (exact) mass is 337 g/mol. The molecule has 24 heavy (non-hydrogen) atoms. The van der Waals surface area contributed by atoms with E-state index in [1.807, 2.05) is 27.0 Å². The Labute approximate surface area is 145 Å². The molecule has 0 spiro atoms. The summed E-state index contributed by atoms with van der Waals surface area (Å²) in [5.41, 5.74) is -0.814. The molecule has 0 heterocycles. The van der Waals surface area contributed by atoms with E-state index in [-0.39, 0.29) is 17.4 Å². The Hall–Kier alpha value is -1.77. The maximum atomic E-state index is 12.9. The topological polar surface area (TPSA) is 82.4 Å². The van der Waals surface area contributed by atoms with E-state index in [0.717, 1.165) is 25.7 Å². The van der Waals surface area contributed by atoms with Crippen molar-refractivity contribution in [2.75, 3.05) is 0 Å². The van der Waals surface area contributed by atoms with Crippen molar-refractivity contribution in [3.63, 3.8) is 0 Å². The molecule has 0 aromatic rings.